The number of rotatable bonds is 2. The predicted octanol–water partition coefficient (Wildman–Crippen LogP) is 1.72. The lowest BCUT2D eigenvalue weighted by Crippen LogP contribution is -2.36. The van der Waals surface area contributed by atoms with Crippen LogP contribution in [0.4, 0.5) is 18.3 Å². The third-order valence-corrected chi connectivity index (χ3v) is 3.09. The van der Waals surface area contributed by atoms with Crippen LogP contribution >= 0.6 is 11.5 Å². The van der Waals surface area contributed by atoms with Crippen LogP contribution in [0.25, 0.3) is 0 Å². The summed E-state index contributed by atoms with van der Waals surface area (Å²) in [5, 5.41) is 6.35. The van der Waals surface area contributed by atoms with E-state index in [-0.39, 0.29) is 10.7 Å². The molecule has 0 aliphatic carbocycles. The average Bonchev–Trinajstić information content (AvgIpc) is 2.74. The van der Waals surface area contributed by atoms with Crippen LogP contribution in [0.15, 0.2) is 0 Å². The minimum absolute atomic E-state index is 0.221. The molecule has 1 aliphatic rings. The van der Waals surface area contributed by atoms with Gasteiger partial charge in [0.15, 0.2) is 0 Å². The van der Waals surface area contributed by atoms with E-state index in [0.717, 1.165) is 24.5 Å². The molecule has 0 saturated carbocycles. The van der Waals surface area contributed by atoms with Gasteiger partial charge in [0.1, 0.15) is 0 Å². The summed E-state index contributed by atoms with van der Waals surface area (Å²) in [6.45, 7) is 3.52. The van der Waals surface area contributed by atoms with Gasteiger partial charge in [-0.25, -0.2) is 0 Å². The molecular weight excluding hydrogens is 241 g/mol. The first kappa shape index (κ1) is 11.6. The van der Waals surface area contributed by atoms with E-state index in [4.69, 9.17) is 0 Å². The highest BCUT2D eigenvalue weighted by Gasteiger charge is 2.37. The van der Waals surface area contributed by atoms with Crippen molar-refractivity contribution in [1.29, 1.82) is 0 Å². The fraction of sp³-hybridized carbons (Fsp3) is 0.750. The zero-order valence-electron chi connectivity index (χ0n) is 8.56. The SMILES string of the molecule is CC1(Nc2nc(C(F)(F)F)ns2)CCNC1. The summed E-state index contributed by atoms with van der Waals surface area (Å²) in [5.74, 6) is -1.07. The smallest absolute Gasteiger partial charge is 0.354 e. The highest BCUT2D eigenvalue weighted by atomic mass is 32.1. The first-order valence-corrected chi connectivity index (χ1v) is 5.56. The second-order valence-corrected chi connectivity index (χ2v) is 4.79. The van der Waals surface area contributed by atoms with E-state index in [0.29, 0.717) is 6.54 Å². The maximum absolute atomic E-state index is 12.3. The van der Waals surface area contributed by atoms with E-state index in [2.05, 4.69) is 20.0 Å². The molecule has 90 valence electrons. The molecule has 1 aromatic heterocycles. The van der Waals surface area contributed by atoms with Gasteiger partial charge in [-0.2, -0.15) is 22.5 Å². The Hall–Kier alpha value is -0.890. The van der Waals surface area contributed by atoms with E-state index in [1.807, 2.05) is 6.92 Å². The van der Waals surface area contributed by atoms with Crippen LogP contribution in [-0.2, 0) is 6.18 Å². The van der Waals surface area contributed by atoms with Crippen molar-refractivity contribution < 1.29 is 13.2 Å². The number of halogens is 3. The minimum atomic E-state index is -4.47. The van der Waals surface area contributed by atoms with Crippen LogP contribution in [0.2, 0.25) is 0 Å². The van der Waals surface area contributed by atoms with E-state index in [1.54, 1.807) is 0 Å². The minimum Gasteiger partial charge on any atom is -0.354 e. The molecule has 8 heteroatoms. The van der Waals surface area contributed by atoms with E-state index < -0.39 is 12.0 Å². The molecule has 1 saturated heterocycles. The summed E-state index contributed by atoms with van der Waals surface area (Å²) in [6, 6.07) is 0. The molecule has 2 N–H and O–H groups in total. The monoisotopic (exact) mass is 252 g/mol. The van der Waals surface area contributed by atoms with Crippen molar-refractivity contribution in [2.45, 2.75) is 25.1 Å². The Morgan fingerprint density at radius 3 is 2.75 bits per heavy atom. The fourth-order valence-corrected chi connectivity index (χ4v) is 2.31. The van der Waals surface area contributed by atoms with Crippen LogP contribution in [-0.4, -0.2) is 28.0 Å². The van der Waals surface area contributed by atoms with E-state index in [1.165, 1.54) is 0 Å². The first-order valence-electron chi connectivity index (χ1n) is 4.79. The molecule has 0 radical (unpaired) electrons. The lowest BCUT2D eigenvalue weighted by Gasteiger charge is -2.23. The second kappa shape index (κ2) is 3.85. The van der Waals surface area contributed by atoms with Gasteiger partial charge in [0.05, 0.1) is 5.54 Å². The van der Waals surface area contributed by atoms with Crippen LogP contribution in [0.1, 0.15) is 19.2 Å². The number of nitrogens with zero attached hydrogens (tertiary/aromatic N) is 2. The molecule has 0 bridgehead atoms. The van der Waals surface area contributed by atoms with Crippen molar-refractivity contribution >= 4 is 16.7 Å². The molecule has 1 aliphatic heterocycles. The highest BCUT2D eigenvalue weighted by molar-refractivity contribution is 7.09. The lowest BCUT2D eigenvalue weighted by atomic mass is 10.0. The molecule has 0 amide bonds. The molecule has 1 unspecified atom stereocenters. The Kier molecular flexibility index (Phi) is 2.79. The number of nitrogens with one attached hydrogen (secondary N) is 2. The van der Waals surface area contributed by atoms with Crippen molar-refractivity contribution in [3.05, 3.63) is 5.82 Å². The van der Waals surface area contributed by atoms with Gasteiger partial charge in [0.25, 0.3) is 0 Å². The molecule has 4 nitrogen and oxygen atoms in total. The summed E-state index contributed by atoms with van der Waals surface area (Å²) >= 11 is 0.742. The Balaban J connectivity index is 2.08. The summed E-state index contributed by atoms with van der Waals surface area (Å²) in [7, 11) is 0. The van der Waals surface area contributed by atoms with Crippen molar-refractivity contribution in [3.8, 4) is 0 Å². The Morgan fingerprint density at radius 1 is 1.50 bits per heavy atom. The molecule has 1 fully saturated rings. The highest BCUT2D eigenvalue weighted by Crippen LogP contribution is 2.30. The summed E-state index contributed by atoms with van der Waals surface area (Å²) in [4.78, 5) is 3.43. The van der Waals surface area contributed by atoms with Gasteiger partial charge in [-0.05, 0) is 19.9 Å². The molecule has 2 heterocycles. The normalized spacial score (nSPS) is 26.0. The Labute approximate surface area is 94.4 Å². The van der Waals surface area contributed by atoms with Gasteiger partial charge < -0.3 is 10.6 Å². The largest absolute Gasteiger partial charge is 0.452 e. The quantitative estimate of drug-likeness (QED) is 0.841. The van der Waals surface area contributed by atoms with Gasteiger partial charge >= 0.3 is 6.18 Å². The van der Waals surface area contributed by atoms with Crippen LogP contribution in [0.5, 0.6) is 0 Å². The van der Waals surface area contributed by atoms with Crippen LogP contribution in [0.3, 0.4) is 0 Å². The molecule has 0 spiro atoms. The maximum atomic E-state index is 12.3. The topological polar surface area (TPSA) is 49.8 Å². The van der Waals surface area contributed by atoms with Gasteiger partial charge in [-0.1, -0.05) is 0 Å². The maximum Gasteiger partial charge on any atom is 0.452 e. The van der Waals surface area contributed by atoms with Gasteiger partial charge in [0, 0.05) is 18.1 Å². The molecule has 1 atom stereocenters. The number of hydrogen-bond acceptors (Lipinski definition) is 5. The molecule has 1 aromatic rings. The summed E-state index contributed by atoms with van der Waals surface area (Å²) in [5.41, 5.74) is -0.234. The van der Waals surface area contributed by atoms with Crippen LogP contribution in [0, 0.1) is 0 Å². The van der Waals surface area contributed by atoms with E-state index in [9.17, 15) is 13.2 Å². The molecule has 16 heavy (non-hydrogen) atoms. The van der Waals surface area contributed by atoms with Crippen molar-refractivity contribution in [1.82, 2.24) is 14.7 Å². The zero-order valence-corrected chi connectivity index (χ0v) is 9.37. The Bertz CT molecular complexity index is 370. The van der Waals surface area contributed by atoms with Gasteiger partial charge in [0.2, 0.25) is 11.0 Å². The van der Waals surface area contributed by atoms with Crippen molar-refractivity contribution in [2.24, 2.45) is 0 Å². The molecule has 0 aromatic carbocycles. The second-order valence-electron chi connectivity index (χ2n) is 4.03. The number of alkyl halides is 3. The standard InChI is InChI=1S/C8H11F3N4S/c1-7(2-3-12-4-7)14-6-13-5(15-16-6)8(9,10)11/h12H,2-4H2,1H3,(H,13,14,15). The number of anilines is 1. The van der Waals surface area contributed by atoms with Gasteiger partial charge in [-0.15, -0.1) is 0 Å². The van der Waals surface area contributed by atoms with Crippen LogP contribution < -0.4 is 10.6 Å². The number of hydrogen-bond donors (Lipinski definition) is 2. The average molecular weight is 252 g/mol. The molecule has 2 rings (SSSR count). The van der Waals surface area contributed by atoms with Crippen molar-refractivity contribution in [2.75, 3.05) is 18.4 Å². The lowest BCUT2D eigenvalue weighted by molar-refractivity contribution is -0.144. The third kappa shape index (κ3) is 2.43. The first-order chi connectivity index (χ1) is 7.39. The third-order valence-electron chi connectivity index (χ3n) is 2.46. The van der Waals surface area contributed by atoms with Gasteiger partial charge in [-0.3, -0.25) is 0 Å². The summed E-state index contributed by atoms with van der Waals surface area (Å²) < 4.78 is 40.0. The number of aromatic nitrogens is 2. The zero-order chi connectivity index (χ0) is 11.8. The summed E-state index contributed by atoms with van der Waals surface area (Å²) in [6.07, 6.45) is -3.61. The van der Waals surface area contributed by atoms with E-state index >= 15 is 0 Å². The fourth-order valence-electron chi connectivity index (χ4n) is 1.57. The molecular formula is C8H11F3N4S. The Morgan fingerprint density at radius 2 is 2.25 bits per heavy atom. The van der Waals surface area contributed by atoms with Crippen molar-refractivity contribution in [3.63, 3.8) is 0 Å². The predicted molar refractivity (Wildman–Crippen MR) is 54.4 cm³/mol.